The number of carboxylic acid groups (broad SMARTS) is 1. The molecule has 0 amide bonds. The van der Waals surface area contributed by atoms with E-state index < -0.39 is 12.0 Å². The van der Waals surface area contributed by atoms with Crippen LogP contribution < -0.4 is 9.47 Å². The lowest BCUT2D eigenvalue weighted by atomic mass is 9.97. The molecular weight excluding hydrogens is 462 g/mol. The highest BCUT2D eigenvalue weighted by atomic mass is 16.5. The van der Waals surface area contributed by atoms with Crippen LogP contribution in [0.25, 0.3) is 11.1 Å². The van der Waals surface area contributed by atoms with E-state index in [-0.39, 0.29) is 5.41 Å². The van der Waals surface area contributed by atoms with Crippen LogP contribution in [0, 0.1) is 12.3 Å². The first-order valence-electron chi connectivity index (χ1n) is 13.4. The molecule has 1 aliphatic heterocycles. The van der Waals surface area contributed by atoms with E-state index in [1.165, 1.54) is 33.4 Å². The standard InChI is InChI=1S/C32H35NO4/c1-21-23(10-6-11-24(21)22-8-4-3-5-9-22)19-37-30-16-29(36-2)27(25-12-7-13-26(25)30)18-33-20-32(14-15-32)17-28(33)31(34)35/h3-6,8-11,16,28H,7,12-15,17-20H2,1-2H3,(H,34,35)/t28-/m0/s1. The van der Waals surface area contributed by atoms with Crippen LogP contribution >= 0.6 is 0 Å². The van der Waals surface area contributed by atoms with Crippen molar-refractivity contribution in [3.8, 4) is 22.6 Å². The summed E-state index contributed by atoms with van der Waals surface area (Å²) in [5.41, 5.74) is 8.78. The highest BCUT2D eigenvalue weighted by molar-refractivity contribution is 5.74. The Balaban J connectivity index is 1.27. The number of ether oxygens (including phenoxy) is 2. The molecule has 1 N–H and O–H groups in total. The molecule has 2 aliphatic carbocycles. The first kappa shape index (κ1) is 24.1. The van der Waals surface area contributed by atoms with Gasteiger partial charge < -0.3 is 14.6 Å². The molecule has 3 aromatic rings. The lowest BCUT2D eigenvalue weighted by Gasteiger charge is -2.25. The minimum atomic E-state index is -0.701. The second-order valence-corrected chi connectivity index (χ2v) is 11.1. The van der Waals surface area contributed by atoms with E-state index in [0.29, 0.717) is 13.2 Å². The number of fused-ring (bicyclic) bond motifs is 1. The van der Waals surface area contributed by atoms with Gasteiger partial charge in [0.05, 0.1) is 7.11 Å². The first-order chi connectivity index (χ1) is 18.0. The number of likely N-dealkylation sites (tertiary alicyclic amines) is 1. The maximum absolute atomic E-state index is 12.0. The van der Waals surface area contributed by atoms with Crippen molar-refractivity contribution in [3.05, 3.63) is 82.4 Å². The van der Waals surface area contributed by atoms with Crippen molar-refractivity contribution in [2.45, 2.75) is 64.6 Å². The molecule has 1 spiro atoms. The van der Waals surface area contributed by atoms with Crippen LogP contribution in [-0.4, -0.2) is 35.7 Å². The van der Waals surface area contributed by atoms with Crippen molar-refractivity contribution >= 4 is 5.97 Å². The van der Waals surface area contributed by atoms with E-state index in [0.717, 1.165) is 62.1 Å². The van der Waals surface area contributed by atoms with Crippen molar-refractivity contribution in [2.75, 3.05) is 13.7 Å². The van der Waals surface area contributed by atoms with Gasteiger partial charge in [0.15, 0.2) is 0 Å². The zero-order chi connectivity index (χ0) is 25.6. The number of aliphatic carboxylic acids is 1. The van der Waals surface area contributed by atoms with Gasteiger partial charge in [-0.1, -0.05) is 48.5 Å². The Hall–Kier alpha value is -3.31. The Morgan fingerprint density at radius 2 is 1.84 bits per heavy atom. The Morgan fingerprint density at radius 3 is 2.57 bits per heavy atom. The summed E-state index contributed by atoms with van der Waals surface area (Å²) >= 11 is 0. The van der Waals surface area contributed by atoms with Gasteiger partial charge in [-0.05, 0) is 84.2 Å². The highest BCUT2D eigenvalue weighted by Crippen LogP contribution is 2.55. The molecule has 5 heteroatoms. The quantitative estimate of drug-likeness (QED) is 0.403. The zero-order valence-corrected chi connectivity index (χ0v) is 21.8. The minimum Gasteiger partial charge on any atom is -0.496 e. The average molecular weight is 498 g/mol. The van der Waals surface area contributed by atoms with Gasteiger partial charge in [-0.2, -0.15) is 0 Å². The van der Waals surface area contributed by atoms with Gasteiger partial charge in [0.25, 0.3) is 0 Å². The van der Waals surface area contributed by atoms with Crippen molar-refractivity contribution < 1.29 is 19.4 Å². The number of carboxylic acids is 1. The molecule has 37 heavy (non-hydrogen) atoms. The van der Waals surface area contributed by atoms with Gasteiger partial charge in [0, 0.05) is 24.7 Å². The lowest BCUT2D eigenvalue weighted by molar-refractivity contribution is -0.142. The van der Waals surface area contributed by atoms with Crippen molar-refractivity contribution in [1.82, 2.24) is 4.90 Å². The monoisotopic (exact) mass is 497 g/mol. The maximum atomic E-state index is 12.0. The Kier molecular flexibility index (Phi) is 6.20. The SMILES string of the molecule is COc1cc(OCc2cccc(-c3ccccc3)c2C)c2c(c1CN1CC3(CC3)C[C@H]1C(=O)O)CCC2. The topological polar surface area (TPSA) is 59.0 Å². The molecule has 1 heterocycles. The zero-order valence-electron chi connectivity index (χ0n) is 21.8. The smallest absolute Gasteiger partial charge is 0.320 e. The Morgan fingerprint density at radius 1 is 1.05 bits per heavy atom. The lowest BCUT2D eigenvalue weighted by Crippen LogP contribution is -2.35. The number of nitrogens with zero attached hydrogens (tertiary/aromatic N) is 1. The van der Waals surface area contributed by atoms with E-state index in [1.807, 2.05) is 12.1 Å². The number of methoxy groups -OCH3 is 1. The maximum Gasteiger partial charge on any atom is 0.320 e. The molecule has 0 aromatic heterocycles. The van der Waals surface area contributed by atoms with E-state index in [1.54, 1.807) is 7.11 Å². The number of carbonyl (C=O) groups is 1. The van der Waals surface area contributed by atoms with Gasteiger partial charge in [0.2, 0.25) is 0 Å². The third-order valence-corrected chi connectivity index (χ3v) is 8.78. The van der Waals surface area contributed by atoms with Crippen LogP contribution in [0.5, 0.6) is 11.5 Å². The first-order valence-corrected chi connectivity index (χ1v) is 13.4. The third kappa shape index (κ3) is 4.50. The third-order valence-electron chi connectivity index (χ3n) is 8.78. The summed E-state index contributed by atoms with van der Waals surface area (Å²) in [7, 11) is 1.71. The van der Waals surface area contributed by atoms with Crippen LogP contribution in [0.4, 0.5) is 0 Å². The molecule has 3 aliphatic rings. The van der Waals surface area contributed by atoms with Crippen molar-refractivity contribution in [3.63, 3.8) is 0 Å². The molecule has 5 nitrogen and oxygen atoms in total. The van der Waals surface area contributed by atoms with Crippen molar-refractivity contribution in [2.24, 2.45) is 5.41 Å². The largest absolute Gasteiger partial charge is 0.496 e. The van der Waals surface area contributed by atoms with Crippen LogP contribution in [0.3, 0.4) is 0 Å². The summed E-state index contributed by atoms with van der Waals surface area (Å²) in [6.45, 7) is 4.16. The molecular formula is C32H35NO4. The number of hydrogen-bond donors (Lipinski definition) is 1. The van der Waals surface area contributed by atoms with Crippen LogP contribution in [0.2, 0.25) is 0 Å². The summed E-state index contributed by atoms with van der Waals surface area (Å²) in [5.74, 6) is 1.01. The molecule has 192 valence electrons. The van der Waals surface area contributed by atoms with E-state index in [4.69, 9.17) is 9.47 Å². The fourth-order valence-corrected chi connectivity index (χ4v) is 6.50. The molecule has 3 aromatic carbocycles. The molecule has 0 radical (unpaired) electrons. The van der Waals surface area contributed by atoms with Crippen molar-refractivity contribution in [1.29, 1.82) is 0 Å². The predicted molar refractivity (Wildman–Crippen MR) is 144 cm³/mol. The summed E-state index contributed by atoms with van der Waals surface area (Å²) in [5, 5.41) is 9.89. The molecule has 6 rings (SSSR count). The highest BCUT2D eigenvalue weighted by Gasteiger charge is 2.54. The fourth-order valence-electron chi connectivity index (χ4n) is 6.50. The molecule has 2 fully saturated rings. The van der Waals surface area contributed by atoms with Crippen LogP contribution in [0.1, 0.15) is 53.5 Å². The van der Waals surface area contributed by atoms with Crippen LogP contribution in [-0.2, 0) is 30.8 Å². The normalized spacial score (nSPS) is 19.7. The van der Waals surface area contributed by atoms with Gasteiger partial charge >= 0.3 is 5.97 Å². The Bertz CT molecular complexity index is 1330. The number of hydrogen-bond acceptors (Lipinski definition) is 4. The fraction of sp³-hybridized carbons (Fsp3) is 0.406. The number of benzene rings is 3. The molecule has 0 bridgehead atoms. The van der Waals surface area contributed by atoms with E-state index >= 15 is 0 Å². The summed E-state index contributed by atoms with van der Waals surface area (Å²) in [4.78, 5) is 14.2. The van der Waals surface area contributed by atoms with Gasteiger partial charge in [-0.25, -0.2) is 0 Å². The van der Waals surface area contributed by atoms with Gasteiger partial charge in [0.1, 0.15) is 24.1 Å². The predicted octanol–water partition coefficient (Wildman–Crippen LogP) is 6.18. The second kappa shape index (κ2) is 9.53. The summed E-state index contributed by atoms with van der Waals surface area (Å²) < 4.78 is 12.4. The van der Waals surface area contributed by atoms with Gasteiger partial charge in [-0.15, -0.1) is 0 Å². The minimum absolute atomic E-state index is 0.231. The number of rotatable bonds is 8. The molecule has 1 saturated heterocycles. The second-order valence-electron chi connectivity index (χ2n) is 11.1. The van der Waals surface area contributed by atoms with E-state index in [2.05, 4.69) is 54.3 Å². The Labute approximate surface area is 219 Å². The van der Waals surface area contributed by atoms with Crippen LogP contribution in [0.15, 0.2) is 54.6 Å². The summed E-state index contributed by atoms with van der Waals surface area (Å²) in [6, 6.07) is 18.5. The average Bonchev–Trinajstić information content (AvgIpc) is 3.31. The van der Waals surface area contributed by atoms with E-state index in [9.17, 15) is 9.90 Å². The van der Waals surface area contributed by atoms with Gasteiger partial charge in [-0.3, -0.25) is 9.69 Å². The molecule has 1 atom stereocenters. The molecule has 1 saturated carbocycles. The molecule has 0 unspecified atom stereocenters. The summed E-state index contributed by atoms with van der Waals surface area (Å²) in [6.07, 6.45) is 6.13.